The van der Waals surface area contributed by atoms with E-state index in [0.29, 0.717) is 20.7 Å². The van der Waals surface area contributed by atoms with Crippen LogP contribution in [0.4, 0.5) is 5.69 Å². The van der Waals surface area contributed by atoms with Crippen molar-refractivity contribution in [1.82, 2.24) is 9.47 Å². The number of aryl methyl sites for hydroxylation is 1. The van der Waals surface area contributed by atoms with Gasteiger partial charge in [0.2, 0.25) is 0 Å². The number of carbonyl (C=O) groups excluding carboxylic acids is 1. The lowest BCUT2D eigenvalue weighted by molar-refractivity contribution is -0.137. The minimum absolute atomic E-state index is 0.238. The quantitative estimate of drug-likeness (QED) is 0.227. The number of aliphatic carboxylic acids is 1. The Labute approximate surface area is 251 Å². The number of carboxylic acids is 1. The molecule has 1 saturated heterocycles. The minimum Gasteiger partial charge on any atom is -0.480 e. The second kappa shape index (κ2) is 12.2. The smallest absolute Gasteiger partial charge is 0.323 e. The van der Waals surface area contributed by atoms with Crippen LogP contribution in [0.5, 0.6) is 0 Å². The Morgan fingerprint density at radius 2 is 1.95 bits per heavy atom. The third-order valence-corrected chi connectivity index (χ3v) is 10.3. The molecule has 1 aliphatic carbocycles. The highest BCUT2D eigenvalue weighted by Crippen LogP contribution is 2.43. The molecule has 0 spiro atoms. The van der Waals surface area contributed by atoms with Gasteiger partial charge in [0, 0.05) is 12.2 Å². The number of benzene rings is 2. The lowest BCUT2D eigenvalue weighted by Crippen LogP contribution is -2.35. The average Bonchev–Trinajstić information content (AvgIpc) is 3.59. The molecule has 2 aliphatic rings. The van der Waals surface area contributed by atoms with Gasteiger partial charge >= 0.3 is 5.97 Å². The molecule has 2 heterocycles. The van der Waals surface area contributed by atoms with E-state index in [2.05, 4.69) is 43.8 Å². The highest BCUT2D eigenvalue weighted by molar-refractivity contribution is 8.30. The van der Waals surface area contributed by atoms with Crippen LogP contribution in [0.1, 0.15) is 47.4 Å². The van der Waals surface area contributed by atoms with Crippen molar-refractivity contribution in [3.05, 3.63) is 96.9 Å². The van der Waals surface area contributed by atoms with Crippen molar-refractivity contribution in [2.75, 3.05) is 12.3 Å². The Kier molecular flexibility index (Phi) is 8.63. The van der Waals surface area contributed by atoms with E-state index in [1.807, 2.05) is 12.1 Å². The molecule has 2 unspecified atom stereocenters. The SMILES string of the molecule is C=CCN1C(=O)C(=c2sc(=Cc3ccc(N)c(C4CCCC4Cc4ccc(C)cc4)c3)c(=O)n2CC(=O)O)SC1=S. The maximum atomic E-state index is 13.4. The Hall–Kier alpha value is -3.47. The molecular formula is C31H31N3O4S3. The van der Waals surface area contributed by atoms with Gasteiger partial charge in [-0.15, -0.1) is 17.9 Å². The maximum absolute atomic E-state index is 13.4. The van der Waals surface area contributed by atoms with Crippen molar-refractivity contribution < 1.29 is 14.7 Å². The van der Waals surface area contributed by atoms with E-state index in [9.17, 15) is 19.5 Å². The molecule has 2 fully saturated rings. The van der Waals surface area contributed by atoms with Gasteiger partial charge in [0.25, 0.3) is 11.5 Å². The second-order valence-corrected chi connectivity index (χ2v) is 13.2. The monoisotopic (exact) mass is 605 g/mol. The molecule has 7 nitrogen and oxygen atoms in total. The van der Waals surface area contributed by atoms with Gasteiger partial charge in [-0.2, -0.15) is 0 Å². The topological polar surface area (TPSA) is 106 Å². The van der Waals surface area contributed by atoms with Crippen LogP contribution in [0, 0.1) is 12.8 Å². The Bertz CT molecular complexity index is 1720. The summed E-state index contributed by atoms with van der Waals surface area (Å²) in [5.41, 5.74) is 11.2. The van der Waals surface area contributed by atoms with Crippen LogP contribution in [0.3, 0.4) is 0 Å². The summed E-state index contributed by atoms with van der Waals surface area (Å²) >= 11 is 7.52. The van der Waals surface area contributed by atoms with E-state index in [1.54, 1.807) is 12.2 Å². The zero-order valence-corrected chi connectivity index (χ0v) is 25.1. The van der Waals surface area contributed by atoms with Crippen molar-refractivity contribution in [1.29, 1.82) is 0 Å². The van der Waals surface area contributed by atoms with E-state index >= 15 is 0 Å². The molecule has 0 bridgehead atoms. The fourth-order valence-electron chi connectivity index (χ4n) is 5.65. The van der Waals surface area contributed by atoms with Gasteiger partial charge in [0.05, 0.1) is 4.53 Å². The summed E-state index contributed by atoms with van der Waals surface area (Å²) in [5, 5.41) is 9.51. The largest absolute Gasteiger partial charge is 0.480 e. The standard InChI is InChI=1S/C31H31N3O4S3/c1-3-13-33-29(38)27(41-31(33)39)30-34(17-26(35)36)28(37)25(40-30)16-20-11-12-24(32)23(15-20)22-6-4-5-21(22)14-19-9-7-18(2)8-10-19/h3,7-12,15-16,21-22H,1,4-6,13-14,17,32H2,2H3,(H,35,36). The number of rotatable bonds is 8. The van der Waals surface area contributed by atoms with E-state index in [1.165, 1.54) is 16.0 Å². The van der Waals surface area contributed by atoms with Crippen LogP contribution in [0.25, 0.3) is 11.0 Å². The number of amides is 1. The van der Waals surface area contributed by atoms with E-state index in [-0.39, 0.29) is 22.0 Å². The molecule has 2 atom stereocenters. The first-order valence-electron chi connectivity index (χ1n) is 13.4. The first-order valence-corrected chi connectivity index (χ1v) is 15.5. The molecule has 1 aliphatic heterocycles. The third kappa shape index (κ3) is 6.10. The number of hydrogen-bond acceptors (Lipinski definition) is 7. The predicted octanol–water partition coefficient (Wildman–Crippen LogP) is 3.99. The molecule has 1 amide bonds. The number of thiazole rings is 1. The highest BCUT2D eigenvalue weighted by atomic mass is 32.2. The number of hydrogen-bond donors (Lipinski definition) is 2. The Morgan fingerprint density at radius 1 is 1.20 bits per heavy atom. The summed E-state index contributed by atoms with van der Waals surface area (Å²) in [6.07, 6.45) is 7.64. The van der Waals surface area contributed by atoms with Crippen LogP contribution in [0.2, 0.25) is 0 Å². The fraction of sp³-hybridized carbons (Fsp3) is 0.290. The van der Waals surface area contributed by atoms with Crippen molar-refractivity contribution in [2.45, 2.75) is 45.1 Å². The number of thioether (sulfide) groups is 1. The predicted molar refractivity (Wildman–Crippen MR) is 170 cm³/mol. The van der Waals surface area contributed by atoms with Crippen LogP contribution in [0.15, 0.2) is 59.9 Å². The Morgan fingerprint density at radius 3 is 2.66 bits per heavy atom. The third-order valence-electron chi connectivity index (χ3n) is 7.64. The number of anilines is 1. The summed E-state index contributed by atoms with van der Waals surface area (Å²) in [5.74, 6) is -0.745. The van der Waals surface area contributed by atoms with Crippen LogP contribution in [-0.2, 0) is 22.6 Å². The summed E-state index contributed by atoms with van der Waals surface area (Å²) in [6.45, 7) is 5.44. The summed E-state index contributed by atoms with van der Waals surface area (Å²) in [7, 11) is 0. The zero-order valence-electron chi connectivity index (χ0n) is 22.7. The van der Waals surface area contributed by atoms with E-state index in [4.69, 9.17) is 18.0 Å². The molecule has 1 aromatic heterocycles. The van der Waals surface area contributed by atoms with Gasteiger partial charge in [-0.25, -0.2) is 0 Å². The number of carbonyl (C=O) groups is 2. The minimum atomic E-state index is -1.17. The molecule has 212 valence electrons. The first kappa shape index (κ1) is 29.0. The normalized spacial score (nSPS) is 20.7. The summed E-state index contributed by atoms with van der Waals surface area (Å²) < 4.78 is 2.12. The number of thiocarbonyl (C=S) groups is 1. The number of nitrogen functional groups attached to an aromatic ring is 1. The number of nitrogens with zero attached hydrogens (tertiary/aromatic N) is 2. The number of nitrogens with two attached hydrogens (primary N) is 1. The molecule has 5 rings (SSSR count). The van der Waals surface area contributed by atoms with Gasteiger partial charge in [0.15, 0.2) is 0 Å². The van der Waals surface area contributed by atoms with Gasteiger partial charge in [-0.05, 0) is 72.9 Å². The number of carboxylic acid groups (broad SMARTS) is 1. The Balaban J connectivity index is 1.55. The van der Waals surface area contributed by atoms with Gasteiger partial charge in [-0.3, -0.25) is 23.9 Å². The van der Waals surface area contributed by atoms with E-state index in [0.717, 1.165) is 70.2 Å². The molecule has 1 saturated carbocycles. The first-order chi connectivity index (χ1) is 19.7. The average molecular weight is 606 g/mol. The van der Waals surface area contributed by atoms with Crippen LogP contribution < -0.4 is 20.5 Å². The zero-order chi connectivity index (χ0) is 29.3. The molecule has 10 heteroatoms. The molecule has 3 aromatic rings. The second-order valence-electron chi connectivity index (χ2n) is 10.5. The van der Waals surface area contributed by atoms with Crippen molar-refractivity contribution in [2.24, 2.45) is 5.92 Å². The van der Waals surface area contributed by atoms with Crippen LogP contribution in [-0.4, -0.2) is 37.3 Å². The van der Waals surface area contributed by atoms with E-state index < -0.39 is 18.1 Å². The summed E-state index contributed by atoms with van der Waals surface area (Å²) in [6, 6.07) is 14.5. The van der Waals surface area contributed by atoms with Gasteiger partial charge < -0.3 is 10.8 Å². The summed E-state index contributed by atoms with van der Waals surface area (Å²) in [4.78, 5) is 39.8. The van der Waals surface area contributed by atoms with Gasteiger partial charge in [0.1, 0.15) is 20.4 Å². The fourth-order valence-corrected chi connectivity index (χ4v) is 8.19. The molecule has 0 radical (unpaired) electrons. The number of aromatic nitrogens is 1. The van der Waals surface area contributed by atoms with Crippen molar-refractivity contribution in [3.63, 3.8) is 0 Å². The molecular weight excluding hydrogens is 575 g/mol. The van der Waals surface area contributed by atoms with Crippen LogP contribution >= 0.6 is 35.3 Å². The lowest BCUT2D eigenvalue weighted by atomic mass is 9.83. The lowest BCUT2D eigenvalue weighted by Gasteiger charge is -2.22. The molecule has 3 N–H and O–H groups in total. The van der Waals surface area contributed by atoms with Gasteiger partial charge in [-0.1, -0.05) is 72.4 Å². The maximum Gasteiger partial charge on any atom is 0.323 e. The highest BCUT2D eigenvalue weighted by Gasteiger charge is 2.34. The van der Waals surface area contributed by atoms with Crippen molar-refractivity contribution in [3.8, 4) is 0 Å². The van der Waals surface area contributed by atoms with Crippen molar-refractivity contribution >= 4 is 68.2 Å². The molecule has 2 aromatic carbocycles. The molecule has 41 heavy (non-hydrogen) atoms.